The van der Waals surface area contributed by atoms with E-state index in [-0.39, 0.29) is 0 Å². The van der Waals surface area contributed by atoms with E-state index in [0.29, 0.717) is 11.7 Å². The minimum Gasteiger partial charge on any atom is -0.347 e. The fourth-order valence-electron chi connectivity index (χ4n) is 1.89. The average molecular weight is 256 g/mol. The van der Waals surface area contributed by atoms with Gasteiger partial charge in [-0.05, 0) is 36.4 Å². The van der Waals surface area contributed by atoms with Crippen molar-refractivity contribution in [3.63, 3.8) is 0 Å². The van der Waals surface area contributed by atoms with Gasteiger partial charge in [-0.2, -0.15) is 5.26 Å². The van der Waals surface area contributed by atoms with Crippen LogP contribution >= 0.6 is 11.3 Å². The van der Waals surface area contributed by atoms with Crippen molar-refractivity contribution < 1.29 is 0 Å². The normalized spacial score (nSPS) is 14.2. The largest absolute Gasteiger partial charge is 0.347 e. The van der Waals surface area contributed by atoms with Gasteiger partial charge in [-0.25, -0.2) is 0 Å². The average Bonchev–Trinajstić information content (AvgIpc) is 3.13. The second-order valence-electron chi connectivity index (χ2n) is 4.33. The Balaban J connectivity index is 1.82. The highest BCUT2D eigenvalue weighted by Gasteiger charge is 2.30. The van der Waals surface area contributed by atoms with Crippen molar-refractivity contribution in [1.29, 1.82) is 5.26 Å². The molecule has 0 aromatic carbocycles. The Hall–Kier alpha value is -1.93. The first-order chi connectivity index (χ1) is 8.86. The molecule has 4 nitrogen and oxygen atoms in total. The van der Waals surface area contributed by atoms with Crippen molar-refractivity contribution >= 4 is 17.2 Å². The molecule has 0 radical (unpaired) electrons. The van der Waals surface area contributed by atoms with Crippen LogP contribution in [0.4, 0.5) is 5.82 Å². The predicted molar refractivity (Wildman–Crippen MR) is 70.3 cm³/mol. The minimum absolute atomic E-state index is 0.366. The molecule has 1 fully saturated rings. The third kappa shape index (κ3) is 2.34. The molecular weight excluding hydrogens is 244 g/mol. The van der Waals surface area contributed by atoms with Crippen LogP contribution in [-0.4, -0.2) is 16.2 Å². The number of thiophene rings is 1. The summed E-state index contributed by atoms with van der Waals surface area (Å²) in [4.78, 5) is 3.60. The minimum atomic E-state index is 0.366. The van der Waals surface area contributed by atoms with E-state index in [4.69, 9.17) is 5.26 Å². The zero-order valence-electron chi connectivity index (χ0n) is 9.78. The Morgan fingerprint density at radius 2 is 2.22 bits per heavy atom. The summed E-state index contributed by atoms with van der Waals surface area (Å²) in [6, 6.07) is 10.4. The molecular formula is C13H12N4S. The predicted octanol–water partition coefficient (Wildman–Crippen LogP) is 2.58. The third-order valence-electron chi connectivity index (χ3n) is 2.95. The standard InChI is InChI=1S/C13H12N4S/c14-8-10-3-6-13(16-15-10)17(11-4-5-11)9-12-2-1-7-18-12/h1-3,6-7,11H,4-5,9H2. The molecule has 0 N–H and O–H groups in total. The number of nitrogens with zero attached hydrogens (tertiary/aromatic N) is 4. The molecule has 2 heterocycles. The van der Waals surface area contributed by atoms with Crippen molar-refractivity contribution in [3.05, 3.63) is 40.2 Å². The molecule has 0 unspecified atom stereocenters. The van der Waals surface area contributed by atoms with E-state index in [1.165, 1.54) is 17.7 Å². The van der Waals surface area contributed by atoms with Gasteiger partial charge < -0.3 is 4.90 Å². The van der Waals surface area contributed by atoms with Gasteiger partial charge in [-0.1, -0.05) is 6.07 Å². The number of rotatable bonds is 4. The second-order valence-corrected chi connectivity index (χ2v) is 5.36. The molecule has 0 bridgehead atoms. The third-order valence-corrected chi connectivity index (χ3v) is 3.81. The monoisotopic (exact) mass is 256 g/mol. The molecule has 5 heteroatoms. The van der Waals surface area contributed by atoms with Crippen molar-refractivity contribution in [2.24, 2.45) is 0 Å². The van der Waals surface area contributed by atoms with E-state index in [9.17, 15) is 0 Å². The van der Waals surface area contributed by atoms with Gasteiger partial charge >= 0.3 is 0 Å². The molecule has 0 saturated heterocycles. The van der Waals surface area contributed by atoms with Gasteiger partial charge in [0.15, 0.2) is 11.5 Å². The van der Waals surface area contributed by atoms with E-state index in [1.54, 1.807) is 17.4 Å². The Morgan fingerprint density at radius 3 is 2.78 bits per heavy atom. The summed E-state index contributed by atoms with van der Waals surface area (Å²) >= 11 is 1.76. The van der Waals surface area contributed by atoms with Gasteiger partial charge in [0, 0.05) is 10.9 Å². The highest BCUT2D eigenvalue weighted by molar-refractivity contribution is 7.09. The van der Waals surface area contributed by atoms with E-state index in [2.05, 4.69) is 32.6 Å². The lowest BCUT2D eigenvalue weighted by Gasteiger charge is -2.22. The van der Waals surface area contributed by atoms with Crippen LogP contribution in [0.25, 0.3) is 0 Å². The van der Waals surface area contributed by atoms with Crippen LogP contribution in [0.1, 0.15) is 23.4 Å². The highest BCUT2D eigenvalue weighted by atomic mass is 32.1. The molecule has 1 aliphatic rings. The van der Waals surface area contributed by atoms with Crippen molar-refractivity contribution in [1.82, 2.24) is 10.2 Å². The molecule has 1 aliphatic carbocycles. The first-order valence-electron chi connectivity index (χ1n) is 5.89. The second kappa shape index (κ2) is 4.75. The van der Waals surface area contributed by atoms with E-state index < -0.39 is 0 Å². The quantitative estimate of drug-likeness (QED) is 0.843. The van der Waals surface area contributed by atoms with Crippen LogP contribution in [-0.2, 0) is 6.54 Å². The molecule has 0 amide bonds. The molecule has 0 atom stereocenters. The summed E-state index contributed by atoms with van der Waals surface area (Å²) in [6.45, 7) is 0.878. The topological polar surface area (TPSA) is 52.8 Å². The maximum absolute atomic E-state index is 8.73. The molecule has 3 rings (SSSR count). The molecule has 0 aliphatic heterocycles. The lowest BCUT2D eigenvalue weighted by molar-refractivity contribution is 0.770. The maximum Gasteiger partial charge on any atom is 0.163 e. The highest BCUT2D eigenvalue weighted by Crippen LogP contribution is 2.32. The SMILES string of the molecule is N#Cc1ccc(N(Cc2cccs2)C2CC2)nn1. The Kier molecular flexibility index (Phi) is 2.95. The summed E-state index contributed by atoms with van der Waals surface area (Å²) in [5.41, 5.74) is 0.366. The van der Waals surface area contributed by atoms with Crippen LogP contribution in [0, 0.1) is 11.3 Å². The fourth-order valence-corrected chi connectivity index (χ4v) is 2.59. The number of nitriles is 1. The number of anilines is 1. The first kappa shape index (κ1) is 11.2. The van der Waals surface area contributed by atoms with Crippen LogP contribution in [0.5, 0.6) is 0 Å². The van der Waals surface area contributed by atoms with Crippen molar-refractivity contribution in [3.8, 4) is 6.07 Å². The summed E-state index contributed by atoms with van der Waals surface area (Å²) in [5.74, 6) is 0.866. The van der Waals surface area contributed by atoms with E-state index in [1.807, 2.05) is 12.1 Å². The van der Waals surface area contributed by atoms with Gasteiger partial charge in [-0.15, -0.1) is 21.5 Å². The summed E-state index contributed by atoms with van der Waals surface area (Å²) < 4.78 is 0. The zero-order chi connectivity index (χ0) is 12.4. The lowest BCUT2D eigenvalue weighted by atomic mass is 10.3. The van der Waals surface area contributed by atoms with Gasteiger partial charge in [0.25, 0.3) is 0 Å². The Morgan fingerprint density at radius 1 is 1.33 bits per heavy atom. The first-order valence-corrected chi connectivity index (χ1v) is 6.77. The van der Waals surface area contributed by atoms with Crippen LogP contribution in [0.3, 0.4) is 0 Å². The number of aromatic nitrogens is 2. The van der Waals surface area contributed by atoms with Gasteiger partial charge in [-0.3, -0.25) is 0 Å². The number of hydrogen-bond donors (Lipinski definition) is 0. The maximum atomic E-state index is 8.73. The lowest BCUT2D eigenvalue weighted by Crippen LogP contribution is -2.25. The van der Waals surface area contributed by atoms with E-state index >= 15 is 0 Å². The Bertz CT molecular complexity index is 552. The van der Waals surface area contributed by atoms with Gasteiger partial charge in [0.1, 0.15) is 6.07 Å². The smallest absolute Gasteiger partial charge is 0.163 e. The van der Waals surface area contributed by atoms with Crippen molar-refractivity contribution in [2.45, 2.75) is 25.4 Å². The van der Waals surface area contributed by atoms with Gasteiger partial charge in [0.2, 0.25) is 0 Å². The molecule has 0 spiro atoms. The molecule has 1 saturated carbocycles. The van der Waals surface area contributed by atoms with E-state index in [0.717, 1.165) is 12.4 Å². The molecule has 18 heavy (non-hydrogen) atoms. The number of hydrogen-bond acceptors (Lipinski definition) is 5. The Labute approximate surface area is 110 Å². The summed E-state index contributed by atoms with van der Waals surface area (Å²) in [5, 5.41) is 18.9. The van der Waals surface area contributed by atoms with Crippen LogP contribution in [0.2, 0.25) is 0 Å². The zero-order valence-corrected chi connectivity index (χ0v) is 10.6. The summed E-state index contributed by atoms with van der Waals surface area (Å²) in [6.07, 6.45) is 2.43. The molecule has 2 aromatic rings. The molecule has 90 valence electrons. The van der Waals surface area contributed by atoms with Gasteiger partial charge in [0.05, 0.1) is 6.54 Å². The van der Waals surface area contributed by atoms with Crippen LogP contribution < -0.4 is 4.90 Å². The molecule has 2 aromatic heterocycles. The van der Waals surface area contributed by atoms with Crippen LogP contribution in [0.15, 0.2) is 29.6 Å². The summed E-state index contributed by atoms with van der Waals surface area (Å²) in [7, 11) is 0. The van der Waals surface area contributed by atoms with Crippen molar-refractivity contribution in [2.75, 3.05) is 4.90 Å². The fraction of sp³-hybridized carbons (Fsp3) is 0.308.